The Labute approximate surface area is 182 Å². The lowest BCUT2D eigenvalue weighted by Gasteiger charge is -2.34. The number of hydrogen-bond donors (Lipinski definition) is 0. The minimum Gasteiger partial charge on any atom is -0.338 e. The molecule has 1 aromatic carbocycles. The lowest BCUT2D eigenvalue weighted by Crippen LogP contribution is -2.40. The van der Waals surface area contributed by atoms with Gasteiger partial charge in [0.1, 0.15) is 11.6 Å². The van der Waals surface area contributed by atoms with Crippen LogP contribution in [0.2, 0.25) is 0 Å². The highest BCUT2D eigenvalue weighted by molar-refractivity contribution is 5.94. The third kappa shape index (κ3) is 4.48. The third-order valence-corrected chi connectivity index (χ3v) is 5.68. The summed E-state index contributed by atoms with van der Waals surface area (Å²) in [5, 5.41) is 0. The Balaban J connectivity index is 1.70. The molecule has 3 heterocycles. The van der Waals surface area contributed by atoms with E-state index in [1.165, 1.54) is 6.07 Å². The van der Waals surface area contributed by atoms with Crippen LogP contribution in [0.15, 0.2) is 55.0 Å². The SMILES string of the molecule is CC(C)(C)c1ncc(-c2ccncc2)c(C2CCCN(C(=O)c3ccccc3F)C2)n1. The lowest BCUT2D eigenvalue weighted by atomic mass is 9.88. The Hall–Kier alpha value is -3.15. The fourth-order valence-electron chi connectivity index (χ4n) is 4.01. The van der Waals surface area contributed by atoms with Crippen LogP contribution in [-0.4, -0.2) is 38.8 Å². The van der Waals surface area contributed by atoms with Gasteiger partial charge in [-0.15, -0.1) is 0 Å². The molecule has 31 heavy (non-hydrogen) atoms. The van der Waals surface area contributed by atoms with Gasteiger partial charge in [-0.2, -0.15) is 0 Å². The fourth-order valence-corrected chi connectivity index (χ4v) is 4.01. The molecule has 1 fully saturated rings. The number of carbonyl (C=O) groups excluding carboxylic acids is 1. The number of halogens is 1. The van der Waals surface area contributed by atoms with E-state index in [9.17, 15) is 9.18 Å². The van der Waals surface area contributed by atoms with Gasteiger partial charge >= 0.3 is 0 Å². The molecule has 1 saturated heterocycles. The molecular formula is C25H27FN4O. The number of amides is 1. The summed E-state index contributed by atoms with van der Waals surface area (Å²) in [5.41, 5.74) is 2.83. The van der Waals surface area contributed by atoms with Crippen LogP contribution in [0, 0.1) is 5.82 Å². The first-order chi connectivity index (χ1) is 14.8. The molecule has 3 aromatic rings. The average Bonchev–Trinajstić information content (AvgIpc) is 2.78. The summed E-state index contributed by atoms with van der Waals surface area (Å²) in [6.07, 6.45) is 7.16. The zero-order valence-corrected chi connectivity index (χ0v) is 18.2. The number of hydrogen-bond acceptors (Lipinski definition) is 4. The Morgan fingerprint density at radius 3 is 2.58 bits per heavy atom. The molecule has 6 heteroatoms. The van der Waals surface area contributed by atoms with E-state index in [0.29, 0.717) is 13.1 Å². The number of pyridine rings is 1. The van der Waals surface area contributed by atoms with E-state index in [2.05, 4.69) is 30.7 Å². The third-order valence-electron chi connectivity index (χ3n) is 5.68. The maximum Gasteiger partial charge on any atom is 0.256 e. The molecule has 0 N–H and O–H groups in total. The number of nitrogens with zero attached hydrogens (tertiary/aromatic N) is 4. The van der Waals surface area contributed by atoms with Crippen LogP contribution in [0.4, 0.5) is 4.39 Å². The molecule has 1 aliphatic rings. The molecule has 1 atom stereocenters. The summed E-state index contributed by atoms with van der Waals surface area (Å²) < 4.78 is 14.2. The molecule has 1 unspecified atom stereocenters. The maximum atomic E-state index is 14.2. The van der Waals surface area contributed by atoms with Crippen LogP contribution >= 0.6 is 0 Å². The van der Waals surface area contributed by atoms with Crippen molar-refractivity contribution in [3.05, 3.63) is 77.9 Å². The van der Waals surface area contributed by atoms with Crippen LogP contribution in [0.1, 0.15) is 61.4 Å². The summed E-state index contributed by atoms with van der Waals surface area (Å²) in [7, 11) is 0. The first-order valence-electron chi connectivity index (χ1n) is 10.7. The first kappa shape index (κ1) is 21.1. The minimum atomic E-state index is -0.482. The van der Waals surface area contributed by atoms with Crippen molar-refractivity contribution in [1.29, 1.82) is 0 Å². The molecule has 1 aliphatic heterocycles. The monoisotopic (exact) mass is 418 g/mol. The van der Waals surface area contributed by atoms with Crippen molar-refractivity contribution in [3.63, 3.8) is 0 Å². The molecule has 1 amide bonds. The second-order valence-corrected chi connectivity index (χ2v) is 9.05. The Morgan fingerprint density at radius 2 is 1.87 bits per heavy atom. The molecule has 0 bridgehead atoms. The summed E-state index contributed by atoms with van der Waals surface area (Å²) >= 11 is 0. The standard InChI is InChI=1S/C25H27FN4O/c1-25(2,3)24-28-15-20(17-10-12-27-13-11-17)22(29-24)18-7-6-14-30(16-18)23(31)19-8-4-5-9-21(19)26/h4-5,8-13,15,18H,6-7,14,16H2,1-3H3. The zero-order valence-electron chi connectivity index (χ0n) is 18.2. The van der Waals surface area contributed by atoms with Crippen molar-refractivity contribution in [2.45, 2.75) is 44.9 Å². The van der Waals surface area contributed by atoms with E-state index in [1.54, 1.807) is 35.5 Å². The summed E-state index contributed by atoms with van der Waals surface area (Å²) in [4.78, 5) is 28.5. The van der Waals surface area contributed by atoms with Crippen molar-refractivity contribution in [2.24, 2.45) is 0 Å². The Morgan fingerprint density at radius 1 is 1.13 bits per heavy atom. The van der Waals surface area contributed by atoms with Gasteiger partial charge in [0.05, 0.1) is 11.3 Å². The molecular weight excluding hydrogens is 391 g/mol. The van der Waals surface area contributed by atoms with Gasteiger partial charge in [0.15, 0.2) is 0 Å². The molecule has 160 valence electrons. The van der Waals surface area contributed by atoms with Crippen LogP contribution in [0.3, 0.4) is 0 Å². The molecule has 5 nitrogen and oxygen atoms in total. The minimum absolute atomic E-state index is 0.0525. The molecule has 2 aromatic heterocycles. The van der Waals surface area contributed by atoms with Gasteiger partial charge in [0, 0.05) is 48.6 Å². The van der Waals surface area contributed by atoms with Gasteiger partial charge in [0.2, 0.25) is 0 Å². The zero-order chi connectivity index (χ0) is 22.0. The summed E-state index contributed by atoms with van der Waals surface area (Å²) in [6.45, 7) is 7.39. The van der Waals surface area contributed by atoms with Gasteiger partial charge in [-0.05, 0) is 42.7 Å². The Kier molecular flexibility index (Phi) is 5.81. The number of rotatable bonds is 3. The number of piperidine rings is 1. The van der Waals surface area contributed by atoms with Gasteiger partial charge in [0.25, 0.3) is 5.91 Å². The van der Waals surface area contributed by atoms with Crippen molar-refractivity contribution in [3.8, 4) is 11.1 Å². The average molecular weight is 419 g/mol. The van der Waals surface area contributed by atoms with E-state index >= 15 is 0 Å². The normalized spacial score (nSPS) is 16.9. The molecule has 0 spiro atoms. The lowest BCUT2D eigenvalue weighted by molar-refractivity contribution is 0.0701. The maximum absolute atomic E-state index is 14.2. The van der Waals surface area contributed by atoms with E-state index in [-0.39, 0.29) is 22.8 Å². The quantitative estimate of drug-likeness (QED) is 0.601. The Bertz CT molecular complexity index is 1080. The number of benzene rings is 1. The van der Waals surface area contributed by atoms with E-state index < -0.39 is 5.82 Å². The topological polar surface area (TPSA) is 59.0 Å². The van der Waals surface area contributed by atoms with Crippen LogP contribution < -0.4 is 0 Å². The highest BCUT2D eigenvalue weighted by atomic mass is 19.1. The first-order valence-corrected chi connectivity index (χ1v) is 10.7. The van der Waals surface area contributed by atoms with Gasteiger partial charge < -0.3 is 4.90 Å². The molecule has 0 saturated carbocycles. The molecule has 0 radical (unpaired) electrons. The smallest absolute Gasteiger partial charge is 0.256 e. The largest absolute Gasteiger partial charge is 0.338 e. The number of aromatic nitrogens is 3. The van der Waals surface area contributed by atoms with E-state index in [1.807, 2.05) is 18.3 Å². The number of likely N-dealkylation sites (tertiary alicyclic amines) is 1. The predicted octanol–water partition coefficient (Wildman–Crippen LogP) is 5.00. The van der Waals surface area contributed by atoms with Crippen molar-refractivity contribution in [2.75, 3.05) is 13.1 Å². The second-order valence-electron chi connectivity index (χ2n) is 9.05. The number of carbonyl (C=O) groups is 1. The van der Waals surface area contributed by atoms with Gasteiger partial charge in [-0.1, -0.05) is 32.9 Å². The van der Waals surface area contributed by atoms with Crippen LogP contribution in [-0.2, 0) is 5.41 Å². The van der Waals surface area contributed by atoms with Gasteiger partial charge in [-0.3, -0.25) is 9.78 Å². The summed E-state index contributed by atoms with van der Waals surface area (Å²) in [5.74, 6) is 0.0807. The highest BCUT2D eigenvalue weighted by Crippen LogP contribution is 2.34. The molecule has 0 aliphatic carbocycles. The second kappa shape index (κ2) is 8.53. The fraction of sp³-hybridized carbons (Fsp3) is 0.360. The van der Waals surface area contributed by atoms with Crippen molar-refractivity contribution >= 4 is 5.91 Å². The van der Waals surface area contributed by atoms with Crippen molar-refractivity contribution < 1.29 is 9.18 Å². The highest BCUT2D eigenvalue weighted by Gasteiger charge is 2.30. The van der Waals surface area contributed by atoms with Crippen LogP contribution in [0.5, 0.6) is 0 Å². The van der Waals surface area contributed by atoms with E-state index in [0.717, 1.165) is 35.5 Å². The van der Waals surface area contributed by atoms with Crippen LogP contribution in [0.25, 0.3) is 11.1 Å². The van der Waals surface area contributed by atoms with E-state index in [4.69, 9.17) is 4.98 Å². The molecule has 4 rings (SSSR count). The summed E-state index contributed by atoms with van der Waals surface area (Å²) in [6, 6.07) is 10.1. The van der Waals surface area contributed by atoms with Crippen molar-refractivity contribution in [1.82, 2.24) is 19.9 Å². The van der Waals surface area contributed by atoms with Gasteiger partial charge in [-0.25, -0.2) is 14.4 Å². The predicted molar refractivity (Wildman–Crippen MR) is 118 cm³/mol.